The van der Waals surface area contributed by atoms with Crippen LogP contribution in [0.4, 0.5) is 0 Å². The molecule has 0 rings (SSSR count). The molecule has 0 spiro atoms. The highest BCUT2D eigenvalue weighted by atomic mass is 16.3. The summed E-state index contributed by atoms with van der Waals surface area (Å²) >= 11 is 0. The standard InChI is InChI=1S/C9H16O/c1-4-6-7-9(5-2)8(3)10/h1,8-10H,5-7H2,2-3H3. The Labute approximate surface area is 63.5 Å². The van der Waals surface area contributed by atoms with E-state index < -0.39 is 0 Å². The number of hydrogen-bond acceptors (Lipinski definition) is 1. The van der Waals surface area contributed by atoms with Crippen LogP contribution in [0.5, 0.6) is 0 Å². The lowest BCUT2D eigenvalue weighted by Crippen LogP contribution is -2.15. The van der Waals surface area contributed by atoms with E-state index in [2.05, 4.69) is 12.8 Å². The largest absolute Gasteiger partial charge is 0.393 e. The maximum absolute atomic E-state index is 9.17. The van der Waals surface area contributed by atoms with Gasteiger partial charge in [0.2, 0.25) is 0 Å². The summed E-state index contributed by atoms with van der Waals surface area (Å²) in [6.07, 6.45) is 7.63. The van der Waals surface area contributed by atoms with Crippen molar-refractivity contribution in [3.8, 4) is 12.3 Å². The molecular formula is C9H16O. The molecule has 2 atom stereocenters. The van der Waals surface area contributed by atoms with Crippen molar-refractivity contribution >= 4 is 0 Å². The third kappa shape index (κ3) is 3.53. The molecule has 0 aliphatic carbocycles. The minimum atomic E-state index is -0.210. The molecule has 1 nitrogen and oxygen atoms in total. The molecule has 0 amide bonds. The number of rotatable bonds is 4. The third-order valence-corrected chi connectivity index (χ3v) is 1.87. The van der Waals surface area contributed by atoms with Gasteiger partial charge < -0.3 is 5.11 Å². The Bertz CT molecular complexity index is 110. The van der Waals surface area contributed by atoms with Crippen LogP contribution in [-0.4, -0.2) is 11.2 Å². The van der Waals surface area contributed by atoms with Gasteiger partial charge in [0.15, 0.2) is 0 Å². The minimum Gasteiger partial charge on any atom is -0.393 e. The van der Waals surface area contributed by atoms with E-state index in [4.69, 9.17) is 6.42 Å². The van der Waals surface area contributed by atoms with Crippen molar-refractivity contribution in [3.63, 3.8) is 0 Å². The van der Waals surface area contributed by atoms with Gasteiger partial charge in [-0.3, -0.25) is 0 Å². The molecule has 0 aromatic rings. The smallest absolute Gasteiger partial charge is 0.0540 e. The molecule has 0 aliphatic rings. The molecule has 1 N–H and O–H groups in total. The van der Waals surface area contributed by atoms with Crippen molar-refractivity contribution in [1.29, 1.82) is 0 Å². The van der Waals surface area contributed by atoms with E-state index in [9.17, 15) is 5.11 Å². The summed E-state index contributed by atoms with van der Waals surface area (Å²) in [4.78, 5) is 0. The van der Waals surface area contributed by atoms with Gasteiger partial charge in [-0.25, -0.2) is 0 Å². The highest BCUT2D eigenvalue weighted by molar-refractivity contribution is 4.84. The normalized spacial score (nSPS) is 15.8. The first-order valence-electron chi connectivity index (χ1n) is 3.83. The van der Waals surface area contributed by atoms with E-state index in [1.165, 1.54) is 0 Å². The van der Waals surface area contributed by atoms with Crippen molar-refractivity contribution in [3.05, 3.63) is 0 Å². The van der Waals surface area contributed by atoms with Gasteiger partial charge in [-0.15, -0.1) is 12.3 Å². The van der Waals surface area contributed by atoms with Crippen LogP contribution in [0, 0.1) is 18.3 Å². The predicted octanol–water partition coefficient (Wildman–Crippen LogP) is 1.81. The van der Waals surface area contributed by atoms with E-state index in [1.54, 1.807) is 0 Å². The predicted molar refractivity (Wildman–Crippen MR) is 43.5 cm³/mol. The zero-order chi connectivity index (χ0) is 7.98. The first-order valence-corrected chi connectivity index (χ1v) is 3.83. The van der Waals surface area contributed by atoms with Crippen molar-refractivity contribution in [2.75, 3.05) is 0 Å². The Kier molecular flexibility index (Phi) is 5.06. The molecule has 0 aliphatic heterocycles. The number of hydrogen-bond donors (Lipinski definition) is 1. The lowest BCUT2D eigenvalue weighted by molar-refractivity contribution is 0.118. The Balaban J connectivity index is 3.52. The molecule has 2 unspecified atom stereocenters. The topological polar surface area (TPSA) is 20.2 Å². The van der Waals surface area contributed by atoms with Crippen molar-refractivity contribution in [2.45, 2.75) is 39.2 Å². The number of terminal acetylenes is 1. The summed E-state index contributed by atoms with van der Waals surface area (Å²) in [6.45, 7) is 3.90. The molecule has 0 bridgehead atoms. The van der Waals surface area contributed by atoms with Gasteiger partial charge in [0.1, 0.15) is 0 Å². The summed E-state index contributed by atoms with van der Waals surface area (Å²) in [5, 5.41) is 9.17. The van der Waals surface area contributed by atoms with Crippen LogP contribution in [0.1, 0.15) is 33.1 Å². The molecule has 0 aromatic heterocycles. The average Bonchev–Trinajstić information content (AvgIpc) is 1.89. The SMILES string of the molecule is C#CCCC(CC)C(C)O. The summed E-state index contributed by atoms with van der Waals surface area (Å²) in [6, 6.07) is 0. The van der Waals surface area contributed by atoms with Crippen LogP contribution >= 0.6 is 0 Å². The quantitative estimate of drug-likeness (QED) is 0.590. The van der Waals surface area contributed by atoms with Gasteiger partial charge in [-0.2, -0.15) is 0 Å². The van der Waals surface area contributed by atoms with Crippen LogP contribution in [0.15, 0.2) is 0 Å². The fraction of sp³-hybridized carbons (Fsp3) is 0.778. The molecule has 0 fully saturated rings. The van der Waals surface area contributed by atoms with Crippen LogP contribution < -0.4 is 0 Å². The van der Waals surface area contributed by atoms with Gasteiger partial charge in [-0.1, -0.05) is 13.3 Å². The van der Waals surface area contributed by atoms with Gasteiger partial charge in [0.05, 0.1) is 6.10 Å². The molecular weight excluding hydrogens is 124 g/mol. The Morgan fingerprint density at radius 3 is 2.50 bits per heavy atom. The second-order valence-electron chi connectivity index (χ2n) is 2.65. The minimum absolute atomic E-state index is 0.210. The molecule has 1 heteroatoms. The van der Waals surface area contributed by atoms with Crippen molar-refractivity contribution in [2.24, 2.45) is 5.92 Å². The van der Waals surface area contributed by atoms with Crippen LogP contribution in [0.2, 0.25) is 0 Å². The van der Waals surface area contributed by atoms with E-state index in [-0.39, 0.29) is 6.10 Å². The summed E-state index contributed by atoms with van der Waals surface area (Å²) in [5.41, 5.74) is 0. The molecule has 0 saturated carbocycles. The van der Waals surface area contributed by atoms with Crippen molar-refractivity contribution < 1.29 is 5.11 Å². The molecule has 0 heterocycles. The van der Waals surface area contributed by atoms with Crippen molar-refractivity contribution in [1.82, 2.24) is 0 Å². The lowest BCUT2D eigenvalue weighted by atomic mass is 9.95. The van der Waals surface area contributed by atoms with E-state index >= 15 is 0 Å². The van der Waals surface area contributed by atoms with E-state index in [1.807, 2.05) is 6.92 Å². The van der Waals surface area contributed by atoms with Crippen LogP contribution in [-0.2, 0) is 0 Å². The Morgan fingerprint density at radius 1 is 1.60 bits per heavy atom. The van der Waals surface area contributed by atoms with Gasteiger partial charge in [-0.05, 0) is 19.3 Å². The molecule has 0 aromatic carbocycles. The fourth-order valence-corrected chi connectivity index (χ4v) is 1.06. The van der Waals surface area contributed by atoms with E-state index in [0.717, 1.165) is 19.3 Å². The molecule has 0 radical (unpaired) electrons. The van der Waals surface area contributed by atoms with E-state index in [0.29, 0.717) is 5.92 Å². The first-order chi connectivity index (χ1) is 4.72. The number of aliphatic hydroxyl groups is 1. The first kappa shape index (κ1) is 9.52. The summed E-state index contributed by atoms with van der Waals surface area (Å²) in [5.74, 6) is 2.96. The zero-order valence-electron chi connectivity index (χ0n) is 6.80. The third-order valence-electron chi connectivity index (χ3n) is 1.87. The van der Waals surface area contributed by atoms with Gasteiger partial charge >= 0.3 is 0 Å². The molecule has 58 valence electrons. The molecule has 0 saturated heterocycles. The highest BCUT2D eigenvalue weighted by Crippen LogP contribution is 2.14. The van der Waals surface area contributed by atoms with Gasteiger partial charge in [0, 0.05) is 6.42 Å². The highest BCUT2D eigenvalue weighted by Gasteiger charge is 2.10. The lowest BCUT2D eigenvalue weighted by Gasteiger charge is -2.15. The maximum Gasteiger partial charge on any atom is 0.0540 e. The monoisotopic (exact) mass is 140 g/mol. The Hall–Kier alpha value is -0.480. The maximum atomic E-state index is 9.17. The molecule has 10 heavy (non-hydrogen) atoms. The van der Waals surface area contributed by atoms with Crippen LogP contribution in [0.25, 0.3) is 0 Å². The summed E-state index contributed by atoms with van der Waals surface area (Å²) in [7, 11) is 0. The van der Waals surface area contributed by atoms with Gasteiger partial charge in [0.25, 0.3) is 0 Å². The van der Waals surface area contributed by atoms with Crippen LogP contribution in [0.3, 0.4) is 0 Å². The second-order valence-corrected chi connectivity index (χ2v) is 2.65. The second kappa shape index (κ2) is 5.32. The zero-order valence-corrected chi connectivity index (χ0v) is 6.80. The fourth-order valence-electron chi connectivity index (χ4n) is 1.06. The summed E-state index contributed by atoms with van der Waals surface area (Å²) < 4.78 is 0. The average molecular weight is 140 g/mol. The Morgan fingerprint density at radius 2 is 2.20 bits per heavy atom. The number of aliphatic hydroxyl groups excluding tert-OH is 1.